The van der Waals surface area contributed by atoms with Gasteiger partial charge in [-0.2, -0.15) is 0 Å². The zero-order valence-electron chi connectivity index (χ0n) is 14.1. The predicted octanol–water partition coefficient (Wildman–Crippen LogP) is 1.27. The highest BCUT2D eigenvalue weighted by atomic mass is 35.5. The number of nitrogens with one attached hydrogen (secondary N) is 2. The minimum atomic E-state index is -0.00721. The highest BCUT2D eigenvalue weighted by molar-refractivity contribution is 6.32. The number of hydrogen-bond acceptors (Lipinski definition) is 5. The van der Waals surface area contributed by atoms with Gasteiger partial charge in [0.1, 0.15) is 5.75 Å². The number of halogens is 1. The van der Waals surface area contributed by atoms with E-state index in [2.05, 4.69) is 20.4 Å². The Balaban J connectivity index is 1.45. The first-order valence-corrected chi connectivity index (χ1v) is 8.84. The van der Waals surface area contributed by atoms with Gasteiger partial charge in [-0.1, -0.05) is 11.6 Å². The van der Waals surface area contributed by atoms with E-state index in [0.29, 0.717) is 29.0 Å². The fourth-order valence-electron chi connectivity index (χ4n) is 3.39. The Bertz CT molecular complexity index is 570. The van der Waals surface area contributed by atoms with Crippen LogP contribution in [-0.4, -0.2) is 74.7 Å². The molecular weight excluding hydrogens is 328 g/mol. The van der Waals surface area contributed by atoms with Gasteiger partial charge < -0.3 is 15.4 Å². The first-order valence-electron chi connectivity index (χ1n) is 8.46. The largest absolute Gasteiger partial charge is 0.495 e. The number of nitrogens with zero attached hydrogens (tertiary/aromatic N) is 2. The van der Waals surface area contributed by atoms with Crippen molar-refractivity contribution in [2.24, 2.45) is 0 Å². The van der Waals surface area contributed by atoms with Crippen molar-refractivity contribution in [1.82, 2.24) is 15.1 Å². The Kier molecular flexibility index (Phi) is 5.94. The van der Waals surface area contributed by atoms with Crippen LogP contribution in [0.3, 0.4) is 0 Å². The van der Waals surface area contributed by atoms with E-state index in [1.165, 1.54) is 6.42 Å². The molecule has 2 N–H and O–H groups in total. The minimum absolute atomic E-state index is 0.00721. The zero-order valence-corrected chi connectivity index (χ0v) is 14.8. The van der Waals surface area contributed by atoms with Crippen molar-refractivity contribution in [2.75, 3.05) is 58.2 Å². The maximum Gasteiger partial charge on any atom is 0.238 e. The third-order valence-corrected chi connectivity index (χ3v) is 5.06. The number of benzene rings is 1. The molecule has 1 amide bonds. The van der Waals surface area contributed by atoms with Gasteiger partial charge in [-0.15, -0.1) is 0 Å². The quantitative estimate of drug-likeness (QED) is 0.835. The third-order valence-electron chi connectivity index (χ3n) is 4.76. The molecule has 2 aliphatic rings. The molecule has 2 fully saturated rings. The summed E-state index contributed by atoms with van der Waals surface area (Å²) in [6, 6.07) is 5.94. The van der Waals surface area contributed by atoms with Crippen LogP contribution in [0.15, 0.2) is 18.2 Å². The summed E-state index contributed by atoms with van der Waals surface area (Å²) in [6.45, 7) is 6.58. The van der Waals surface area contributed by atoms with E-state index in [-0.39, 0.29) is 5.91 Å². The Hall–Kier alpha value is -1.34. The van der Waals surface area contributed by atoms with Gasteiger partial charge in [0.05, 0.1) is 18.7 Å². The van der Waals surface area contributed by atoms with Crippen LogP contribution in [0.5, 0.6) is 5.75 Å². The highest BCUT2D eigenvalue weighted by Gasteiger charge is 2.26. The van der Waals surface area contributed by atoms with Gasteiger partial charge in [0, 0.05) is 44.5 Å². The lowest BCUT2D eigenvalue weighted by molar-refractivity contribution is -0.117. The number of carbonyl (C=O) groups is 1. The topological polar surface area (TPSA) is 56.8 Å². The van der Waals surface area contributed by atoms with E-state index in [4.69, 9.17) is 16.3 Å². The molecule has 2 saturated heterocycles. The molecule has 0 saturated carbocycles. The highest BCUT2D eigenvalue weighted by Crippen LogP contribution is 2.27. The molecule has 0 aliphatic carbocycles. The minimum Gasteiger partial charge on any atom is -0.495 e. The molecule has 7 heteroatoms. The van der Waals surface area contributed by atoms with Gasteiger partial charge in [0.25, 0.3) is 0 Å². The number of piperazine rings is 1. The fraction of sp³-hybridized carbons (Fsp3) is 0.588. The van der Waals surface area contributed by atoms with Crippen molar-refractivity contribution in [2.45, 2.75) is 12.5 Å². The average Bonchev–Trinajstić information content (AvgIpc) is 3.10. The Morgan fingerprint density at radius 1 is 1.38 bits per heavy atom. The summed E-state index contributed by atoms with van der Waals surface area (Å²) in [5.74, 6) is 0.597. The summed E-state index contributed by atoms with van der Waals surface area (Å²) < 4.78 is 5.12. The van der Waals surface area contributed by atoms with E-state index in [9.17, 15) is 4.79 Å². The van der Waals surface area contributed by atoms with Gasteiger partial charge in [-0.05, 0) is 31.2 Å². The maximum absolute atomic E-state index is 12.2. The molecule has 132 valence electrons. The molecule has 0 spiro atoms. The van der Waals surface area contributed by atoms with Crippen molar-refractivity contribution >= 4 is 23.2 Å². The van der Waals surface area contributed by atoms with Crippen molar-refractivity contribution < 1.29 is 9.53 Å². The van der Waals surface area contributed by atoms with Crippen molar-refractivity contribution in [1.29, 1.82) is 0 Å². The van der Waals surface area contributed by atoms with Crippen LogP contribution in [0.4, 0.5) is 5.69 Å². The number of amides is 1. The third kappa shape index (κ3) is 4.39. The number of ether oxygens (including phenoxy) is 1. The first kappa shape index (κ1) is 17.5. The number of methoxy groups -OCH3 is 1. The second kappa shape index (κ2) is 8.16. The zero-order chi connectivity index (χ0) is 16.9. The lowest BCUT2D eigenvalue weighted by atomic mass is 10.2. The number of hydrogen-bond donors (Lipinski definition) is 2. The monoisotopic (exact) mass is 352 g/mol. The molecule has 2 aliphatic heterocycles. The number of carbonyl (C=O) groups excluding carboxylic acids is 1. The van der Waals surface area contributed by atoms with Gasteiger partial charge in [-0.3, -0.25) is 14.6 Å². The van der Waals surface area contributed by atoms with E-state index < -0.39 is 0 Å². The normalized spacial score (nSPS) is 22.5. The van der Waals surface area contributed by atoms with E-state index in [0.717, 1.165) is 39.3 Å². The molecule has 1 aromatic carbocycles. The second-order valence-electron chi connectivity index (χ2n) is 6.36. The first-order chi connectivity index (χ1) is 11.7. The molecule has 0 radical (unpaired) electrons. The molecule has 1 atom stereocenters. The molecule has 0 bridgehead atoms. The van der Waals surface area contributed by atoms with Crippen LogP contribution < -0.4 is 15.4 Å². The van der Waals surface area contributed by atoms with Crippen LogP contribution in [0.1, 0.15) is 6.42 Å². The van der Waals surface area contributed by atoms with E-state index in [1.54, 1.807) is 25.3 Å². The van der Waals surface area contributed by atoms with Crippen LogP contribution in [0.2, 0.25) is 5.02 Å². The van der Waals surface area contributed by atoms with Crippen LogP contribution >= 0.6 is 11.6 Å². The average molecular weight is 353 g/mol. The van der Waals surface area contributed by atoms with Crippen molar-refractivity contribution in [3.8, 4) is 5.75 Å². The summed E-state index contributed by atoms with van der Waals surface area (Å²) >= 11 is 6.09. The summed E-state index contributed by atoms with van der Waals surface area (Å²) in [4.78, 5) is 17.0. The molecule has 3 rings (SSSR count). The molecule has 0 aromatic heterocycles. The number of rotatable bonds is 5. The lowest BCUT2D eigenvalue weighted by Gasteiger charge is -2.37. The van der Waals surface area contributed by atoms with Gasteiger partial charge in [-0.25, -0.2) is 0 Å². The predicted molar refractivity (Wildman–Crippen MR) is 95.9 cm³/mol. The summed E-state index contributed by atoms with van der Waals surface area (Å²) in [6.07, 6.45) is 1.23. The standard InChI is InChI=1S/C17H25ClN4O2/c1-24-16-3-2-13(10-15(16)18)20-17(23)12-21-6-8-22(9-7-21)14-4-5-19-11-14/h2-3,10,14,19H,4-9,11-12H2,1H3,(H,20,23). The second-order valence-corrected chi connectivity index (χ2v) is 6.76. The lowest BCUT2D eigenvalue weighted by Crippen LogP contribution is -2.52. The molecule has 1 unspecified atom stereocenters. The smallest absolute Gasteiger partial charge is 0.238 e. The van der Waals surface area contributed by atoms with Gasteiger partial charge >= 0.3 is 0 Å². The van der Waals surface area contributed by atoms with Crippen LogP contribution in [0, 0.1) is 0 Å². The molecular formula is C17H25ClN4O2. The number of anilines is 1. The fourth-order valence-corrected chi connectivity index (χ4v) is 3.64. The Morgan fingerprint density at radius 2 is 2.17 bits per heavy atom. The summed E-state index contributed by atoms with van der Waals surface area (Å²) in [7, 11) is 1.57. The van der Waals surface area contributed by atoms with Crippen molar-refractivity contribution in [3.63, 3.8) is 0 Å². The molecule has 1 aromatic rings. The van der Waals surface area contributed by atoms with Crippen LogP contribution in [-0.2, 0) is 4.79 Å². The SMILES string of the molecule is COc1ccc(NC(=O)CN2CCN(C3CCNC3)CC2)cc1Cl. The van der Waals surface area contributed by atoms with E-state index >= 15 is 0 Å². The Morgan fingerprint density at radius 3 is 2.79 bits per heavy atom. The maximum atomic E-state index is 12.2. The summed E-state index contributed by atoms with van der Waals surface area (Å²) in [5, 5.41) is 6.81. The summed E-state index contributed by atoms with van der Waals surface area (Å²) in [5.41, 5.74) is 0.696. The Labute approximate surface area is 148 Å². The van der Waals surface area contributed by atoms with Crippen LogP contribution in [0.25, 0.3) is 0 Å². The van der Waals surface area contributed by atoms with Gasteiger partial charge in [0.15, 0.2) is 0 Å². The van der Waals surface area contributed by atoms with Crippen molar-refractivity contribution in [3.05, 3.63) is 23.2 Å². The molecule has 24 heavy (non-hydrogen) atoms. The van der Waals surface area contributed by atoms with Gasteiger partial charge in [0.2, 0.25) is 5.91 Å². The van der Waals surface area contributed by atoms with E-state index in [1.807, 2.05) is 0 Å². The molecule has 2 heterocycles. The molecule has 6 nitrogen and oxygen atoms in total.